The van der Waals surface area contributed by atoms with E-state index in [4.69, 9.17) is 14.7 Å². The maximum absolute atomic E-state index is 12.7. The molecule has 3 heterocycles. The first-order valence-electron chi connectivity index (χ1n) is 11.3. The first-order chi connectivity index (χ1) is 15.5. The summed E-state index contributed by atoms with van der Waals surface area (Å²) >= 11 is 0. The van der Waals surface area contributed by atoms with Crippen LogP contribution in [0.1, 0.15) is 48.3 Å². The summed E-state index contributed by atoms with van der Waals surface area (Å²) in [4.78, 5) is 37.9. The van der Waals surface area contributed by atoms with Gasteiger partial charge in [0, 0.05) is 45.1 Å². The summed E-state index contributed by atoms with van der Waals surface area (Å²) < 4.78 is 5.79. The Kier molecular flexibility index (Phi) is 6.58. The fourth-order valence-electron chi connectivity index (χ4n) is 4.43. The molecule has 0 aliphatic carbocycles. The minimum Gasteiger partial charge on any atom is -0.493 e. The number of anilines is 1. The second kappa shape index (κ2) is 9.54. The van der Waals surface area contributed by atoms with Crippen LogP contribution >= 0.6 is 0 Å². The van der Waals surface area contributed by atoms with Gasteiger partial charge in [0.2, 0.25) is 11.8 Å². The van der Waals surface area contributed by atoms with E-state index in [1.54, 1.807) is 6.92 Å². The lowest BCUT2D eigenvalue weighted by Crippen LogP contribution is -2.35. The zero-order valence-electron chi connectivity index (χ0n) is 19.1. The van der Waals surface area contributed by atoms with Crippen molar-refractivity contribution in [2.75, 3.05) is 38.6 Å². The Bertz CT molecular complexity index is 1010. The van der Waals surface area contributed by atoms with Gasteiger partial charge in [-0.15, -0.1) is 0 Å². The minimum atomic E-state index is 0.0624. The number of hydrogen-bond donors (Lipinski definition) is 1. The predicted octanol–water partition coefficient (Wildman–Crippen LogP) is 2.52. The van der Waals surface area contributed by atoms with E-state index in [1.165, 1.54) is 0 Å². The molecule has 8 heteroatoms. The third-order valence-electron chi connectivity index (χ3n) is 6.34. The van der Waals surface area contributed by atoms with Gasteiger partial charge in [-0.25, -0.2) is 9.97 Å². The number of para-hydroxylation sites is 1. The number of ether oxygens (including phenoxy) is 1. The van der Waals surface area contributed by atoms with Crippen molar-refractivity contribution in [1.82, 2.24) is 19.8 Å². The van der Waals surface area contributed by atoms with E-state index in [1.807, 2.05) is 48.0 Å². The van der Waals surface area contributed by atoms with E-state index in [9.17, 15) is 9.59 Å². The fraction of sp³-hybridized carbons (Fsp3) is 0.500. The molecular formula is C24H31N5O3. The Balaban J connectivity index is 1.38. The number of fused-ring (bicyclic) bond motifs is 1. The van der Waals surface area contributed by atoms with Gasteiger partial charge >= 0.3 is 0 Å². The summed E-state index contributed by atoms with van der Waals surface area (Å²) in [6.07, 6.45) is 1.94. The smallest absolute Gasteiger partial charge is 0.226 e. The van der Waals surface area contributed by atoms with Crippen LogP contribution in [0.25, 0.3) is 0 Å². The molecule has 0 spiro atoms. The molecule has 2 aromatic rings. The Morgan fingerprint density at radius 3 is 2.75 bits per heavy atom. The topological polar surface area (TPSA) is 87.7 Å². The van der Waals surface area contributed by atoms with Gasteiger partial charge in [0.05, 0.1) is 25.3 Å². The monoisotopic (exact) mass is 437 g/mol. The number of hydrogen-bond acceptors (Lipinski definition) is 6. The minimum absolute atomic E-state index is 0.0624. The molecule has 0 saturated carbocycles. The Hall–Kier alpha value is -3.16. The maximum atomic E-state index is 12.7. The number of carbonyl (C=O) groups is 2. The highest BCUT2D eigenvalue weighted by Crippen LogP contribution is 2.30. The largest absolute Gasteiger partial charge is 0.493 e. The van der Waals surface area contributed by atoms with Crippen molar-refractivity contribution in [1.29, 1.82) is 0 Å². The maximum Gasteiger partial charge on any atom is 0.226 e. The van der Waals surface area contributed by atoms with Crippen LogP contribution < -0.4 is 10.1 Å². The van der Waals surface area contributed by atoms with E-state index in [0.717, 1.165) is 47.1 Å². The summed E-state index contributed by atoms with van der Waals surface area (Å²) in [5, 5.41) is 3.19. The van der Waals surface area contributed by atoms with Crippen LogP contribution in [0, 0.1) is 6.92 Å². The summed E-state index contributed by atoms with van der Waals surface area (Å²) in [7, 11) is 1.86. The first-order valence-corrected chi connectivity index (χ1v) is 11.3. The Morgan fingerprint density at radius 1 is 1.19 bits per heavy atom. The highest BCUT2D eigenvalue weighted by molar-refractivity contribution is 5.76. The first kappa shape index (κ1) is 22.0. The van der Waals surface area contributed by atoms with Crippen LogP contribution in [0.3, 0.4) is 0 Å². The molecule has 1 fully saturated rings. The molecule has 1 N–H and O–H groups in total. The van der Waals surface area contributed by atoms with Crippen molar-refractivity contribution in [2.24, 2.45) is 0 Å². The van der Waals surface area contributed by atoms with Crippen molar-refractivity contribution in [3.8, 4) is 5.75 Å². The van der Waals surface area contributed by atoms with Gasteiger partial charge in [-0.3, -0.25) is 9.59 Å². The average Bonchev–Trinajstić information content (AvgIpc) is 3.29. The number of nitrogens with zero attached hydrogens (tertiary/aromatic N) is 4. The SMILES string of the molecule is CNc1nc([C@H]2CCN(C(=O)CCOc3ccccc3C)C2)nc2c1CCN(C(C)=O)C2. The van der Waals surface area contributed by atoms with E-state index in [0.29, 0.717) is 39.2 Å². The molecule has 2 aliphatic heterocycles. The van der Waals surface area contributed by atoms with Crippen LogP contribution in [0.4, 0.5) is 5.82 Å². The van der Waals surface area contributed by atoms with Gasteiger partial charge in [-0.2, -0.15) is 0 Å². The zero-order chi connectivity index (χ0) is 22.7. The third kappa shape index (κ3) is 4.69. The number of rotatable bonds is 6. The summed E-state index contributed by atoms with van der Waals surface area (Å²) in [6, 6.07) is 7.82. The number of benzene rings is 1. The quantitative estimate of drug-likeness (QED) is 0.747. The number of nitrogens with one attached hydrogen (secondary N) is 1. The summed E-state index contributed by atoms with van der Waals surface area (Å²) in [6.45, 7) is 6.47. The van der Waals surface area contributed by atoms with Gasteiger partial charge < -0.3 is 19.9 Å². The van der Waals surface area contributed by atoms with Crippen molar-refractivity contribution in [3.05, 3.63) is 46.9 Å². The summed E-state index contributed by atoms with van der Waals surface area (Å²) in [5.41, 5.74) is 3.07. The highest BCUT2D eigenvalue weighted by Gasteiger charge is 2.31. The molecule has 1 aromatic carbocycles. The average molecular weight is 438 g/mol. The van der Waals surface area contributed by atoms with Crippen LogP contribution in [0.15, 0.2) is 24.3 Å². The van der Waals surface area contributed by atoms with Crippen molar-refractivity contribution >= 4 is 17.6 Å². The normalized spacial score (nSPS) is 17.8. The molecule has 1 atom stereocenters. The molecule has 8 nitrogen and oxygen atoms in total. The van der Waals surface area contributed by atoms with Crippen LogP contribution in [-0.4, -0.2) is 64.9 Å². The van der Waals surface area contributed by atoms with E-state index in [-0.39, 0.29) is 17.7 Å². The van der Waals surface area contributed by atoms with Gasteiger partial charge in [-0.05, 0) is 31.4 Å². The molecular weight excluding hydrogens is 406 g/mol. The van der Waals surface area contributed by atoms with Gasteiger partial charge in [0.25, 0.3) is 0 Å². The summed E-state index contributed by atoms with van der Waals surface area (Å²) in [5.74, 6) is 2.67. The van der Waals surface area contributed by atoms with Crippen molar-refractivity contribution in [3.63, 3.8) is 0 Å². The molecule has 32 heavy (non-hydrogen) atoms. The Labute approximate surface area is 189 Å². The standard InChI is InChI=1S/C24H31N5O3/c1-16-6-4-5-7-21(16)32-13-10-22(31)29-11-8-18(14-29)23-26-20-15-28(17(2)30)12-9-19(20)24(25-3)27-23/h4-7,18H,8-15H2,1-3H3,(H,25,26,27)/t18-/m0/s1. The predicted molar refractivity (Wildman–Crippen MR) is 122 cm³/mol. The third-order valence-corrected chi connectivity index (χ3v) is 6.34. The molecule has 2 amide bonds. The fourth-order valence-corrected chi connectivity index (χ4v) is 4.43. The van der Waals surface area contributed by atoms with Crippen LogP contribution in [0.2, 0.25) is 0 Å². The second-order valence-corrected chi connectivity index (χ2v) is 8.49. The van der Waals surface area contributed by atoms with Crippen molar-refractivity contribution in [2.45, 2.75) is 45.6 Å². The lowest BCUT2D eigenvalue weighted by Gasteiger charge is -2.29. The molecule has 2 aliphatic rings. The van der Waals surface area contributed by atoms with E-state index >= 15 is 0 Å². The molecule has 0 bridgehead atoms. The lowest BCUT2D eigenvalue weighted by atomic mass is 10.0. The number of carbonyl (C=O) groups excluding carboxylic acids is 2. The molecule has 0 radical (unpaired) electrons. The molecule has 4 rings (SSSR count). The molecule has 1 saturated heterocycles. The van der Waals surface area contributed by atoms with E-state index in [2.05, 4.69) is 5.32 Å². The number of amides is 2. The second-order valence-electron chi connectivity index (χ2n) is 8.49. The van der Waals surface area contributed by atoms with Gasteiger partial charge in [0.15, 0.2) is 0 Å². The zero-order valence-corrected chi connectivity index (χ0v) is 19.1. The molecule has 0 unspecified atom stereocenters. The number of aryl methyl sites for hydroxylation is 1. The lowest BCUT2D eigenvalue weighted by molar-refractivity contribution is -0.131. The number of likely N-dealkylation sites (tertiary alicyclic amines) is 1. The molecule has 170 valence electrons. The van der Waals surface area contributed by atoms with Gasteiger partial charge in [-0.1, -0.05) is 18.2 Å². The van der Waals surface area contributed by atoms with Crippen LogP contribution in [0.5, 0.6) is 5.75 Å². The van der Waals surface area contributed by atoms with E-state index < -0.39 is 0 Å². The number of aromatic nitrogens is 2. The van der Waals surface area contributed by atoms with Gasteiger partial charge in [0.1, 0.15) is 17.4 Å². The van der Waals surface area contributed by atoms with Crippen molar-refractivity contribution < 1.29 is 14.3 Å². The molecule has 1 aromatic heterocycles. The Morgan fingerprint density at radius 2 is 2.00 bits per heavy atom. The van der Waals surface area contributed by atoms with Crippen LogP contribution in [-0.2, 0) is 22.6 Å². The highest BCUT2D eigenvalue weighted by atomic mass is 16.5.